The molecule has 0 fully saturated rings. The van der Waals surface area contributed by atoms with Crippen molar-refractivity contribution in [1.29, 1.82) is 0 Å². The second-order valence-corrected chi connectivity index (χ2v) is 3.32. The first-order valence-corrected chi connectivity index (χ1v) is 4.81. The maximum absolute atomic E-state index is 11.7. The van der Waals surface area contributed by atoms with E-state index < -0.39 is 11.9 Å². The molecular weight excluding hydrogens is 240 g/mol. The van der Waals surface area contributed by atoms with E-state index in [2.05, 4.69) is 20.5 Å². The molecule has 8 heteroatoms. The fraction of sp³-hybridized carbons (Fsp3) is 0. The lowest BCUT2D eigenvalue weighted by molar-refractivity contribution is 0.0690. The number of carboxylic acids is 1. The molecule has 1 amide bonds. The number of aromatic amines is 1. The third kappa shape index (κ3) is 2.26. The molecule has 0 unspecified atom stereocenters. The van der Waals surface area contributed by atoms with Gasteiger partial charge in [-0.05, 0) is 6.07 Å². The first-order chi connectivity index (χ1) is 8.58. The van der Waals surface area contributed by atoms with Crippen molar-refractivity contribution in [2.75, 3.05) is 5.32 Å². The third-order valence-corrected chi connectivity index (χ3v) is 2.09. The van der Waals surface area contributed by atoms with Gasteiger partial charge in [0.05, 0.1) is 11.8 Å². The number of nitrogens with one attached hydrogen (secondary N) is 2. The van der Waals surface area contributed by atoms with Crippen molar-refractivity contribution < 1.29 is 19.8 Å². The molecule has 0 radical (unpaired) electrons. The summed E-state index contributed by atoms with van der Waals surface area (Å²) in [4.78, 5) is 25.9. The Morgan fingerprint density at radius 2 is 2.17 bits per heavy atom. The number of aromatic nitrogens is 3. The maximum Gasteiger partial charge on any atom is 0.353 e. The van der Waals surface area contributed by atoms with Gasteiger partial charge in [0.15, 0.2) is 5.82 Å². The van der Waals surface area contributed by atoms with Gasteiger partial charge in [-0.25, -0.2) is 4.79 Å². The summed E-state index contributed by atoms with van der Waals surface area (Å²) in [7, 11) is 0. The molecule has 0 bridgehead atoms. The molecule has 2 aromatic rings. The van der Waals surface area contributed by atoms with Crippen LogP contribution in [-0.2, 0) is 0 Å². The number of carboxylic acid groups (broad SMARTS) is 1. The lowest BCUT2D eigenvalue weighted by atomic mass is 10.2. The van der Waals surface area contributed by atoms with E-state index in [4.69, 9.17) is 5.11 Å². The number of carbonyl (C=O) groups is 2. The summed E-state index contributed by atoms with van der Waals surface area (Å²) >= 11 is 0. The van der Waals surface area contributed by atoms with Gasteiger partial charge < -0.3 is 15.5 Å². The van der Waals surface area contributed by atoms with E-state index in [0.717, 1.165) is 6.20 Å². The Labute approximate surface area is 100 Å². The van der Waals surface area contributed by atoms with E-state index >= 15 is 0 Å². The van der Waals surface area contributed by atoms with Crippen molar-refractivity contribution in [3.63, 3.8) is 0 Å². The fourth-order valence-electron chi connectivity index (χ4n) is 1.26. The van der Waals surface area contributed by atoms with Crippen LogP contribution in [0.15, 0.2) is 24.5 Å². The predicted molar refractivity (Wildman–Crippen MR) is 59.4 cm³/mol. The molecule has 0 saturated carbocycles. The summed E-state index contributed by atoms with van der Waals surface area (Å²) < 4.78 is 0. The van der Waals surface area contributed by atoms with Crippen molar-refractivity contribution in [2.24, 2.45) is 0 Å². The molecule has 18 heavy (non-hydrogen) atoms. The van der Waals surface area contributed by atoms with Crippen LogP contribution in [0.25, 0.3) is 0 Å². The average molecular weight is 248 g/mol. The zero-order chi connectivity index (χ0) is 13.1. The molecule has 0 aromatic carbocycles. The van der Waals surface area contributed by atoms with Gasteiger partial charge in [0.1, 0.15) is 11.4 Å². The quantitative estimate of drug-likeness (QED) is 0.624. The van der Waals surface area contributed by atoms with Crippen LogP contribution in [0.2, 0.25) is 0 Å². The van der Waals surface area contributed by atoms with Crippen LogP contribution in [0.5, 0.6) is 5.75 Å². The van der Waals surface area contributed by atoms with E-state index in [0.29, 0.717) is 0 Å². The molecule has 0 aliphatic heterocycles. The number of aromatic carboxylic acids is 1. The molecule has 2 heterocycles. The second kappa shape index (κ2) is 4.53. The van der Waals surface area contributed by atoms with Crippen LogP contribution < -0.4 is 5.32 Å². The van der Waals surface area contributed by atoms with E-state index in [1.165, 1.54) is 18.3 Å². The number of rotatable bonds is 3. The van der Waals surface area contributed by atoms with Crippen molar-refractivity contribution in [2.45, 2.75) is 0 Å². The summed E-state index contributed by atoms with van der Waals surface area (Å²) in [6.07, 6.45) is 2.48. The molecule has 2 rings (SSSR count). The van der Waals surface area contributed by atoms with Crippen molar-refractivity contribution >= 4 is 17.7 Å². The highest BCUT2D eigenvalue weighted by molar-refractivity contribution is 6.05. The van der Waals surface area contributed by atoms with E-state index in [1.54, 1.807) is 0 Å². The molecule has 2 aromatic heterocycles. The van der Waals surface area contributed by atoms with Gasteiger partial charge in [-0.1, -0.05) is 0 Å². The minimum atomic E-state index is -1.19. The molecule has 0 spiro atoms. The molecule has 0 atom stereocenters. The Balaban J connectivity index is 2.16. The van der Waals surface area contributed by atoms with Gasteiger partial charge >= 0.3 is 5.97 Å². The average Bonchev–Trinajstić information content (AvgIpc) is 2.78. The van der Waals surface area contributed by atoms with Gasteiger partial charge in [0.2, 0.25) is 0 Å². The highest BCUT2D eigenvalue weighted by atomic mass is 16.4. The number of aromatic hydroxyl groups is 1. The number of H-pyrrole nitrogens is 1. The van der Waals surface area contributed by atoms with Crippen LogP contribution in [0, 0.1) is 0 Å². The molecular formula is C10H8N4O4. The largest absolute Gasteiger partial charge is 0.505 e. The topological polar surface area (TPSA) is 128 Å². The minimum absolute atomic E-state index is 0.0184. The molecule has 0 saturated heterocycles. The Bertz CT molecular complexity index is 607. The molecule has 92 valence electrons. The Morgan fingerprint density at radius 1 is 1.39 bits per heavy atom. The highest BCUT2D eigenvalue weighted by Gasteiger charge is 2.14. The van der Waals surface area contributed by atoms with Crippen LogP contribution in [0.4, 0.5) is 5.82 Å². The smallest absolute Gasteiger partial charge is 0.353 e. The number of carbonyl (C=O) groups excluding carboxylic acids is 1. The number of hydrogen-bond acceptors (Lipinski definition) is 5. The summed E-state index contributed by atoms with van der Waals surface area (Å²) in [5.41, 5.74) is -0.130. The summed E-state index contributed by atoms with van der Waals surface area (Å²) in [6, 6.07) is 2.49. The highest BCUT2D eigenvalue weighted by Crippen LogP contribution is 2.15. The SMILES string of the molecule is O=C(O)c1cc(NC(=O)c2ccncc2O)n[nH]1. The number of hydrogen-bond donors (Lipinski definition) is 4. The molecule has 8 nitrogen and oxygen atoms in total. The maximum atomic E-state index is 11.7. The van der Waals surface area contributed by atoms with E-state index in [1.807, 2.05) is 0 Å². The number of anilines is 1. The van der Waals surface area contributed by atoms with Gasteiger partial charge in [-0.15, -0.1) is 0 Å². The zero-order valence-electron chi connectivity index (χ0n) is 8.91. The monoisotopic (exact) mass is 248 g/mol. The summed E-state index contributed by atoms with van der Waals surface area (Å²) in [5.74, 6) is -2.02. The lowest BCUT2D eigenvalue weighted by Gasteiger charge is -2.02. The van der Waals surface area contributed by atoms with Crippen LogP contribution >= 0.6 is 0 Å². The third-order valence-electron chi connectivity index (χ3n) is 2.09. The number of nitrogens with zero attached hydrogens (tertiary/aromatic N) is 2. The predicted octanol–water partition coefficient (Wildman–Crippen LogP) is 0.461. The summed E-state index contributed by atoms with van der Waals surface area (Å²) in [5, 5.41) is 26.2. The summed E-state index contributed by atoms with van der Waals surface area (Å²) in [6.45, 7) is 0. The van der Waals surface area contributed by atoms with Gasteiger partial charge in [0, 0.05) is 12.3 Å². The molecule has 0 aliphatic carbocycles. The Hall–Kier alpha value is -2.90. The van der Waals surface area contributed by atoms with Crippen LogP contribution in [-0.4, -0.2) is 37.3 Å². The molecule has 0 aliphatic rings. The minimum Gasteiger partial charge on any atom is -0.505 e. The van der Waals surface area contributed by atoms with Gasteiger partial charge in [-0.2, -0.15) is 5.10 Å². The lowest BCUT2D eigenvalue weighted by Crippen LogP contribution is -2.12. The first kappa shape index (κ1) is 11.6. The number of pyridine rings is 1. The van der Waals surface area contributed by atoms with E-state index in [-0.39, 0.29) is 22.8 Å². The van der Waals surface area contributed by atoms with Crippen LogP contribution in [0.3, 0.4) is 0 Å². The van der Waals surface area contributed by atoms with Crippen molar-refractivity contribution in [3.8, 4) is 5.75 Å². The van der Waals surface area contributed by atoms with E-state index in [9.17, 15) is 14.7 Å². The number of amides is 1. The first-order valence-electron chi connectivity index (χ1n) is 4.81. The zero-order valence-corrected chi connectivity index (χ0v) is 8.91. The van der Waals surface area contributed by atoms with Crippen LogP contribution in [0.1, 0.15) is 20.8 Å². The van der Waals surface area contributed by atoms with Crippen molar-refractivity contribution in [1.82, 2.24) is 15.2 Å². The van der Waals surface area contributed by atoms with Gasteiger partial charge in [-0.3, -0.25) is 14.9 Å². The normalized spacial score (nSPS) is 10.0. The van der Waals surface area contributed by atoms with Crippen molar-refractivity contribution in [3.05, 3.63) is 35.8 Å². The standard InChI is InChI=1S/C10H8N4O4/c15-7-4-11-2-1-5(7)9(16)12-8-3-6(10(17)18)13-14-8/h1-4,15H,(H,17,18)(H2,12,13,14,16). The Kier molecular flexibility index (Phi) is 2.92. The Morgan fingerprint density at radius 3 is 2.78 bits per heavy atom. The van der Waals surface area contributed by atoms with Gasteiger partial charge in [0.25, 0.3) is 5.91 Å². The fourth-order valence-corrected chi connectivity index (χ4v) is 1.26. The second-order valence-electron chi connectivity index (χ2n) is 3.32. The molecule has 4 N–H and O–H groups in total.